The molecule has 0 aliphatic rings. The predicted molar refractivity (Wildman–Crippen MR) is 129 cm³/mol. The van der Waals surface area contributed by atoms with Crippen molar-refractivity contribution in [3.8, 4) is 17.2 Å². The van der Waals surface area contributed by atoms with Crippen LogP contribution in [0.1, 0.15) is 11.1 Å². The van der Waals surface area contributed by atoms with E-state index in [1.165, 1.54) is 5.56 Å². The van der Waals surface area contributed by atoms with E-state index in [4.69, 9.17) is 0 Å². The second kappa shape index (κ2) is 7.97. The third-order valence-corrected chi connectivity index (χ3v) is 5.50. The van der Waals surface area contributed by atoms with E-state index in [0.29, 0.717) is 11.5 Å². The molecule has 154 valence electrons. The van der Waals surface area contributed by atoms with Crippen molar-refractivity contribution in [2.24, 2.45) is 0 Å². The average molecular weight is 416 g/mol. The number of fused-ring (bicyclic) bond motifs is 2. The van der Waals surface area contributed by atoms with Crippen LogP contribution < -0.4 is 10.6 Å². The Balaban J connectivity index is 1.64. The van der Waals surface area contributed by atoms with Crippen LogP contribution in [-0.4, -0.2) is 22.0 Å². The molecule has 0 aliphatic carbocycles. The van der Waals surface area contributed by atoms with Gasteiger partial charge in [0.25, 0.3) is 0 Å². The number of aromatic nitrogens is 3. The summed E-state index contributed by atoms with van der Waals surface area (Å²) in [7, 11) is 1.81. The third-order valence-electron chi connectivity index (χ3n) is 5.50. The molecular formula is C26H20N6. The molecule has 0 aliphatic heterocycles. The van der Waals surface area contributed by atoms with Crippen LogP contribution >= 0.6 is 0 Å². The molecule has 6 heteroatoms. The van der Waals surface area contributed by atoms with Gasteiger partial charge >= 0.3 is 0 Å². The molecule has 2 heterocycles. The van der Waals surface area contributed by atoms with Gasteiger partial charge in [-0.25, -0.2) is 15.0 Å². The molecule has 2 N–H and O–H groups in total. The molecule has 6 nitrogen and oxygen atoms in total. The van der Waals surface area contributed by atoms with E-state index in [1.807, 2.05) is 49.8 Å². The summed E-state index contributed by atoms with van der Waals surface area (Å²) in [6.45, 7) is 2.11. The minimum atomic E-state index is 0.603. The van der Waals surface area contributed by atoms with Crippen LogP contribution in [-0.2, 0) is 0 Å². The minimum absolute atomic E-state index is 0.603. The molecule has 0 unspecified atom stereocenters. The molecule has 0 bridgehead atoms. The smallest absolute Gasteiger partial charge is 0.222 e. The number of anilines is 3. The zero-order chi connectivity index (χ0) is 22.1. The molecule has 0 atom stereocenters. The van der Waals surface area contributed by atoms with Crippen molar-refractivity contribution in [2.45, 2.75) is 6.92 Å². The van der Waals surface area contributed by atoms with Crippen LogP contribution in [0, 0.1) is 18.3 Å². The van der Waals surface area contributed by atoms with Crippen molar-refractivity contribution in [1.29, 1.82) is 5.26 Å². The first-order chi connectivity index (χ1) is 15.7. The Bertz CT molecular complexity index is 1520. The van der Waals surface area contributed by atoms with E-state index >= 15 is 0 Å². The summed E-state index contributed by atoms with van der Waals surface area (Å²) in [5.41, 5.74) is 5.75. The lowest BCUT2D eigenvalue weighted by molar-refractivity contribution is 1.19. The van der Waals surface area contributed by atoms with Crippen LogP contribution in [0.5, 0.6) is 0 Å². The number of hydrogen-bond acceptors (Lipinski definition) is 6. The van der Waals surface area contributed by atoms with Gasteiger partial charge in [0.15, 0.2) is 0 Å². The average Bonchev–Trinajstić information content (AvgIpc) is 2.83. The van der Waals surface area contributed by atoms with Crippen molar-refractivity contribution in [3.05, 3.63) is 84.2 Å². The van der Waals surface area contributed by atoms with Gasteiger partial charge in [0.2, 0.25) is 5.95 Å². The second-order valence-corrected chi connectivity index (χ2v) is 7.55. The highest BCUT2D eigenvalue weighted by molar-refractivity contribution is 6.04. The van der Waals surface area contributed by atoms with Crippen LogP contribution in [0.25, 0.3) is 32.8 Å². The van der Waals surface area contributed by atoms with Gasteiger partial charge in [-0.05, 0) is 65.4 Å². The molecule has 2 aromatic heterocycles. The molecule has 5 rings (SSSR count). The lowest BCUT2D eigenvalue weighted by atomic mass is 9.93. The molecule has 32 heavy (non-hydrogen) atoms. The van der Waals surface area contributed by atoms with Gasteiger partial charge in [0, 0.05) is 35.9 Å². The zero-order valence-electron chi connectivity index (χ0n) is 17.7. The maximum Gasteiger partial charge on any atom is 0.222 e. The summed E-state index contributed by atoms with van der Waals surface area (Å²) >= 11 is 0. The first kappa shape index (κ1) is 19.5. The molecule has 0 amide bonds. The quantitative estimate of drug-likeness (QED) is 0.384. The maximum atomic E-state index is 9.19. The summed E-state index contributed by atoms with van der Waals surface area (Å²) in [5, 5.41) is 18.6. The van der Waals surface area contributed by atoms with Crippen molar-refractivity contribution >= 4 is 39.1 Å². The summed E-state index contributed by atoms with van der Waals surface area (Å²) in [5.74, 6) is 1.36. The number of nitrogens with zero attached hydrogens (tertiary/aromatic N) is 4. The monoisotopic (exact) mass is 416 g/mol. The fourth-order valence-corrected chi connectivity index (χ4v) is 3.96. The lowest BCUT2D eigenvalue weighted by Gasteiger charge is -2.15. The zero-order valence-corrected chi connectivity index (χ0v) is 17.7. The number of nitrogens with one attached hydrogen (secondary N) is 2. The fraction of sp³-hybridized carbons (Fsp3) is 0.0769. The van der Waals surface area contributed by atoms with E-state index < -0.39 is 0 Å². The maximum absolute atomic E-state index is 9.19. The standard InChI is InChI=1S/C26H20N6/c1-16-6-8-22-21(10-11-29-25(22)31-20-5-3-4-17(12-20)14-27)24(16)18-7-9-23-19(13-18)15-30-26(28-2)32-23/h3-13,15H,1-2H3,(H,29,31)(H,28,30,32). The van der Waals surface area contributed by atoms with Crippen molar-refractivity contribution in [1.82, 2.24) is 15.0 Å². The van der Waals surface area contributed by atoms with E-state index in [1.54, 1.807) is 6.07 Å². The summed E-state index contributed by atoms with van der Waals surface area (Å²) < 4.78 is 0. The first-order valence-corrected chi connectivity index (χ1v) is 10.3. The largest absolute Gasteiger partial charge is 0.357 e. The minimum Gasteiger partial charge on any atom is -0.357 e. The van der Waals surface area contributed by atoms with Gasteiger partial charge in [-0.3, -0.25) is 0 Å². The fourth-order valence-electron chi connectivity index (χ4n) is 3.96. The summed E-state index contributed by atoms with van der Waals surface area (Å²) in [6.07, 6.45) is 3.65. The number of aryl methyl sites for hydroxylation is 1. The molecule has 0 saturated heterocycles. The van der Waals surface area contributed by atoms with E-state index in [-0.39, 0.29) is 0 Å². The Morgan fingerprint density at radius 2 is 1.84 bits per heavy atom. The van der Waals surface area contributed by atoms with Gasteiger partial charge in [-0.2, -0.15) is 5.26 Å². The number of benzene rings is 3. The number of nitriles is 1. The van der Waals surface area contributed by atoms with E-state index in [0.717, 1.165) is 44.3 Å². The molecule has 5 aromatic rings. The summed E-state index contributed by atoms with van der Waals surface area (Å²) in [4.78, 5) is 13.4. The highest BCUT2D eigenvalue weighted by atomic mass is 15.1. The molecular weight excluding hydrogens is 396 g/mol. The predicted octanol–water partition coefficient (Wildman–Crippen LogP) is 5.81. The molecule has 0 fully saturated rings. The van der Waals surface area contributed by atoms with Gasteiger partial charge in [-0.1, -0.05) is 24.3 Å². The van der Waals surface area contributed by atoms with Crippen molar-refractivity contribution < 1.29 is 0 Å². The van der Waals surface area contributed by atoms with Crippen LogP contribution in [0.4, 0.5) is 17.5 Å². The number of pyridine rings is 1. The molecule has 0 spiro atoms. The molecule has 0 radical (unpaired) electrons. The van der Waals surface area contributed by atoms with E-state index in [2.05, 4.69) is 62.8 Å². The van der Waals surface area contributed by atoms with E-state index in [9.17, 15) is 5.26 Å². The Morgan fingerprint density at radius 1 is 0.938 bits per heavy atom. The Kier molecular flexibility index (Phi) is 4.85. The lowest BCUT2D eigenvalue weighted by Crippen LogP contribution is -1.97. The Morgan fingerprint density at radius 3 is 2.69 bits per heavy atom. The Hall–Kier alpha value is -4.50. The SMILES string of the molecule is CNc1ncc2cc(-c3c(C)ccc4c(Nc5cccc(C#N)c5)nccc34)ccc2n1. The van der Waals surface area contributed by atoms with Gasteiger partial charge in [0.1, 0.15) is 5.82 Å². The molecule has 3 aromatic carbocycles. The van der Waals surface area contributed by atoms with Gasteiger partial charge in [-0.15, -0.1) is 0 Å². The highest BCUT2D eigenvalue weighted by Gasteiger charge is 2.12. The number of hydrogen-bond donors (Lipinski definition) is 2. The highest BCUT2D eigenvalue weighted by Crippen LogP contribution is 2.36. The normalized spacial score (nSPS) is 10.8. The van der Waals surface area contributed by atoms with Crippen molar-refractivity contribution in [3.63, 3.8) is 0 Å². The third kappa shape index (κ3) is 3.46. The number of rotatable bonds is 4. The van der Waals surface area contributed by atoms with Gasteiger partial charge in [0.05, 0.1) is 17.1 Å². The van der Waals surface area contributed by atoms with Crippen LogP contribution in [0.3, 0.4) is 0 Å². The Labute approximate surface area is 185 Å². The second-order valence-electron chi connectivity index (χ2n) is 7.55. The molecule has 0 saturated carbocycles. The van der Waals surface area contributed by atoms with Crippen LogP contribution in [0.2, 0.25) is 0 Å². The van der Waals surface area contributed by atoms with Crippen LogP contribution in [0.15, 0.2) is 73.1 Å². The van der Waals surface area contributed by atoms with Gasteiger partial charge < -0.3 is 10.6 Å². The summed E-state index contributed by atoms with van der Waals surface area (Å²) in [6, 6.07) is 22.1. The topological polar surface area (TPSA) is 86.5 Å². The first-order valence-electron chi connectivity index (χ1n) is 10.3. The van der Waals surface area contributed by atoms with Crippen molar-refractivity contribution in [2.75, 3.05) is 17.7 Å².